The summed E-state index contributed by atoms with van der Waals surface area (Å²) < 4.78 is 84.1. The summed E-state index contributed by atoms with van der Waals surface area (Å²) in [6.07, 6.45) is -5.24. The van der Waals surface area contributed by atoms with E-state index in [0.717, 1.165) is 24.1 Å². The number of hydroxylamine groups is 1. The molecule has 1 aromatic carbocycles. The zero-order chi connectivity index (χ0) is 26.3. The van der Waals surface area contributed by atoms with Crippen molar-refractivity contribution in [2.24, 2.45) is 0 Å². The second-order valence-electron chi connectivity index (χ2n) is 7.25. The van der Waals surface area contributed by atoms with Crippen LogP contribution in [0.4, 0.5) is 33.7 Å². The van der Waals surface area contributed by atoms with Gasteiger partial charge in [-0.15, -0.1) is 0 Å². The van der Waals surface area contributed by atoms with Crippen molar-refractivity contribution >= 4 is 33.4 Å². The molecule has 0 unspecified atom stereocenters. The molecule has 11 nitrogen and oxygen atoms in total. The second-order valence-corrected chi connectivity index (χ2v) is 9.23. The van der Waals surface area contributed by atoms with Crippen LogP contribution in [-0.4, -0.2) is 94.7 Å². The quantitative estimate of drug-likeness (QED) is 0.282. The minimum atomic E-state index is -3.95. The molecule has 1 aliphatic rings. The van der Waals surface area contributed by atoms with Gasteiger partial charge in [0.25, 0.3) is 5.91 Å². The van der Waals surface area contributed by atoms with Gasteiger partial charge in [-0.05, 0) is 6.92 Å². The van der Waals surface area contributed by atoms with Crippen LogP contribution in [0.15, 0.2) is 12.1 Å². The summed E-state index contributed by atoms with van der Waals surface area (Å²) in [7, 11) is -2.85. The first kappa shape index (κ1) is 28.5. The number of cyclic esters (lactones) is 1. The van der Waals surface area contributed by atoms with Crippen molar-refractivity contribution < 1.29 is 50.2 Å². The number of benzene rings is 1. The lowest BCUT2D eigenvalue weighted by atomic mass is 10.2. The van der Waals surface area contributed by atoms with Gasteiger partial charge in [0.15, 0.2) is 11.6 Å². The number of hydrogen-bond donors (Lipinski definition) is 2. The number of alkyl halides is 2. The third-order valence-corrected chi connectivity index (χ3v) is 6.65. The van der Waals surface area contributed by atoms with Gasteiger partial charge in [-0.2, -0.15) is 8.78 Å². The average Bonchev–Trinajstić information content (AvgIpc) is 3.16. The number of anilines is 2. The Morgan fingerprint density at radius 3 is 2.46 bits per heavy atom. The molecule has 0 saturated carbocycles. The first-order valence-electron chi connectivity index (χ1n) is 10.4. The van der Waals surface area contributed by atoms with E-state index in [9.17, 15) is 35.6 Å². The maximum atomic E-state index is 14.9. The van der Waals surface area contributed by atoms with Gasteiger partial charge in [0.2, 0.25) is 10.0 Å². The maximum Gasteiger partial charge on any atom is 0.414 e. The van der Waals surface area contributed by atoms with E-state index in [2.05, 4.69) is 0 Å². The van der Waals surface area contributed by atoms with Crippen LogP contribution in [0, 0.1) is 11.6 Å². The Kier molecular flexibility index (Phi) is 10.1. The number of halogens is 4. The SMILES string of the molecule is CCN(CCN(OC)S(=O)(=O)CCO)c1c(F)cc(N2C[C@H](CNC(=O)C(F)F)OC2=O)cc1F. The first-order valence-corrected chi connectivity index (χ1v) is 12.0. The highest BCUT2D eigenvalue weighted by molar-refractivity contribution is 7.88. The van der Waals surface area contributed by atoms with Gasteiger partial charge in [-0.3, -0.25) is 14.5 Å². The number of carbonyl (C=O) groups excluding carboxylic acids is 2. The molecule has 35 heavy (non-hydrogen) atoms. The minimum Gasteiger partial charge on any atom is -0.442 e. The van der Waals surface area contributed by atoms with Crippen molar-refractivity contribution in [1.82, 2.24) is 9.79 Å². The second kappa shape index (κ2) is 12.3. The summed E-state index contributed by atoms with van der Waals surface area (Å²) in [6.45, 7) is -0.0814. The fourth-order valence-corrected chi connectivity index (χ4v) is 4.35. The monoisotopic (exact) mass is 530 g/mol. The molecule has 1 saturated heterocycles. The lowest BCUT2D eigenvalue weighted by Gasteiger charge is -2.27. The van der Waals surface area contributed by atoms with Crippen molar-refractivity contribution in [2.45, 2.75) is 19.5 Å². The van der Waals surface area contributed by atoms with Crippen molar-refractivity contribution in [2.75, 3.05) is 62.0 Å². The number of likely N-dealkylation sites (N-methyl/N-ethyl adjacent to an activating group) is 1. The molecule has 2 amide bonds. The van der Waals surface area contributed by atoms with Crippen molar-refractivity contribution in [3.63, 3.8) is 0 Å². The number of aliphatic hydroxyl groups excluding tert-OH is 1. The summed E-state index contributed by atoms with van der Waals surface area (Å²) in [4.78, 5) is 30.0. The Morgan fingerprint density at radius 1 is 1.31 bits per heavy atom. The summed E-state index contributed by atoms with van der Waals surface area (Å²) in [5, 5.41) is 10.8. The normalized spacial score (nSPS) is 16.2. The predicted molar refractivity (Wildman–Crippen MR) is 115 cm³/mol. The number of aliphatic hydroxyl groups is 1. The molecule has 1 aromatic rings. The molecule has 1 heterocycles. The number of hydrogen-bond acceptors (Lipinski definition) is 8. The van der Waals surface area contributed by atoms with E-state index in [1.807, 2.05) is 5.32 Å². The van der Waals surface area contributed by atoms with Crippen LogP contribution >= 0.6 is 0 Å². The molecule has 1 aliphatic heterocycles. The summed E-state index contributed by atoms with van der Waals surface area (Å²) in [5.74, 6) is -4.24. The van der Waals surface area contributed by atoms with Gasteiger partial charge in [-0.25, -0.2) is 22.0 Å². The molecule has 1 atom stereocenters. The van der Waals surface area contributed by atoms with E-state index in [1.165, 1.54) is 4.90 Å². The van der Waals surface area contributed by atoms with Crippen LogP contribution in [0.1, 0.15) is 6.92 Å². The topological polar surface area (TPSA) is 129 Å². The Balaban J connectivity index is 2.15. The van der Waals surface area contributed by atoms with Crippen molar-refractivity contribution in [3.8, 4) is 0 Å². The molecule has 0 radical (unpaired) electrons. The van der Waals surface area contributed by atoms with E-state index in [4.69, 9.17) is 14.7 Å². The van der Waals surface area contributed by atoms with Gasteiger partial charge in [-0.1, -0.05) is 4.47 Å². The lowest BCUT2D eigenvalue weighted by molar-refractivity contribution is -0.132. The van der Waals surface area contributed by atoms with E-state index < -0.39 is 70.8 Å². The van der Waals surface area contributed by atoms with Gasteiger partial charge in [0.05, 0.1) is 44.8 Å². The van der Waals surface area contributed by atoms with Gasteiger partial charge in [0.1, 0.15) is 11.8 Å². The molecule has 0 aliphatic carbocycles. The molecular formula is C19H26F4N4O7S. The molecule has 2 N–H and O–H groups in total. The van der Waals surface area contributed by atoms with Crippen LogP contribution in [0.25, 0.3) is 0 Å². The Labute approximate surface area is 199 Å². The summed E-state index contributed by atoms with van der Waals surface area (Å²) in [6, 6.07) is 1.75. The summed E-state index contributed by atoms with van der Waals surface area (Å²) >= 11 is 0. The van der Waals surface area contributed by atoms with E-state index in [-0.39, 0.29) is 31.9 Å². The third kappa shape index (κ3) is 7.16. The lowest BCUT2D eigenvalue weighted by Crippen LogP contribution is -2.40. The van der Waals surface area contributed by atoms with Crippen LogP contribution < -0.4 is 15.1 Å². The van der Waals surface area contributed by atoms with Gasteiger partial charge < -0.3 is 20.1 Å². The van der Waals surface area contributed by atoms with Crippen LogP contribution in [0.3, 0.4) is 0 Å². The molecule has 0 bridgehead atoms. The number of amides is 2. The molecule has 1 fully saturated rings. The smallest absolute Gasteiger partial charge is 0.414 e. The predicted octanol–water partition coefficient (Wildman–Crippen LogP) is 0.683. The minimum absolute atomic E-state index is 0.0858. The maximum absolute atomic E-state index is 14.9. The Morgan fingerprint density at radius 2 is 1.94 bits per heavy atom. The largest absolute Gasteiger partial charge is 0.442 e. The third-order valence-electron chi connectivity index (χ3n) is 5.00. The zero-order valence-corrected chi connectivity index (χ0v) is 19.7. The number of nitrogens with one attached hydrogen (secondary N) is 1. The molecule has 198 valence electrons. The molecular weight excluding hydrogens is 504 g/mol. The highest BCUT2D eigenvalue weighted by Gasteiger charge is 2.34. The van der Waals surface area contributed by atoms with Crippen LogP contribution in [0.5, 0.6) is 0 Å². The fraction of sp³-hybridized carbons (Fsp3) is 0.579. The number of ether oxygens (including phenoxy) is 1. The highest BCUT2D eigenvalue weighted by Crippen LogP contribution is 2.31. The first-order chi connectivity index (χ1) is 16.4. The fourth-order valence-electron chi connectivity index (χ4n) is 3.33. The van der Waals surface area contributed by atoms with Gasteiger partial charge >= 0.3 is 12.5 Å². The van der Waals surface area contributed by atoms with Gasteiger partial charge in [0, 0.05) is 25.2 Å². The Bertz CT molecular complexity index is 992. The number of rotatable bonds is 13. The highest BCUT2D eigenvalue weighted by atomic mass is 32.2. The Hall–Kier alpha value is -2.69. The van der Waals surface area contributed by atoms with E-state index in [0.29, 0.717) is 4.47 Å². The average molecular weight is 530 g/mol. The van der Waals surface area contributed by atoms with E-state index in [1.54, 1.807) is 6.92 Å². The molecule has 16 heteroatoms. The van der Waals surface area contributed by atoms with Crippen LogP contribution in [-0.2, 0) is 24.4 Å². The van der Waals surface area contributed by atoms with Crippen LogP contribution in [0.2, 0.25) is 0 Å². The number of nitrogens with zero attached hydrogens (tertiary/aromatic N) is 3. The summed E-state index contributed by atoms with van der Waals surface area (Å²) in [5.41, 5.74) is -0.670. The van der Waals surface area contributed by atoms with Crippen molar-refractivity contribution in [1.29, 1.82) is 0 Å². The van der Waals surface area contributed by atoms with E-state index >= 15 is 0 Å². The standard InChI is InChI=1S/C19H26F4N4O7S/c1-3-25(4-5-27(33-2)35(31,32)7-6-28)16-14(20)8-12(9-15(16)21)26-11-13(34-19(26)30)10-24-18(29)17(22)23/h8-9,13,17,28H,3-7,10-11H2,1-2H3,(H,24,29)/t13-/m0/s1. The molecule has 2 rings (SSSR count). The molecule has 0 aromatic heterocycles. The number of carbonyl (C=O) groups is 2. The zero-order valence-electron chi connectivity index (χ0n) is 18.9. The number of sulfonamides is 1. The van der Waals surface area contributed by atoms with Crippen molar-refractivity contribution in [3.05, 3.63) is 23.8 Å². The molecule has 0 spiro atoms.